The first-order valence-corrected chi connectivity index (χ1v) is 8.09. The van der Waals surface area contributed by atoms with Crippen molar-refractivity contribution < 1.29 is 0 Å². The van der Waals surface area contributed by atoms with Gasteiger partial charge in [-0.25, -0.2) is 4.98 Å². The van der Waals surface area contributed by atoms with Crippen LogP contribution in [0, 0.1) is 11.3 Å². The fourth-order valence-electron chi connectivity index (χ4n) is 3.79. The van der Waals surface area contributed by atoms with Crippen LogP contribution in [-0.4, -0.2) is 40.6 Å². The van der Waals surface area contributed by atoms with Gasteiger partial charge in [-0.1, -0.05) is 13.8 Å². The highest BCUT2D eigenvalue weighted by molar-refractivity contribution is 5.01. The first-order chi connectivity index (χ1) is 9.67. The zero-order valence-electron chi connectivity index (χ0n) is 12.9. The SMILES string of the molecule is CC(C)Cn1cncc1CN1CCC2(CCNCC2)C1. The van der Waals surface area contributed by atoms with Gasteiger partial charge < -0.3 is 9.88 Å². The van der Waals surface area contributed by atoms with Gasteiger partial charge in [-0.2, -0.15) is 0 Å². The molecule has 2 aliphatic rings. The summed E-state index contributed by atoms with van der Waals surface area (Å²) in [6, 6.07) is 0. The summed E-state index contributed by atoms with van der Waals surface area (Å²) in [4.78, 5) is 6.99. The number of likely N-dealkylation sites (tertiary alicyclic amines) is 1. The van der Waals surface area contributed by atoms with Gasteiger partial charge in [0.05, 0.1) is 12.0 Å². The largest absolute Gasteiger partial charge is 0.333 e. The van der Waals surface area contributed by atoms with E-state index in [0.29, 0.717) is 11.3 Å². The molecule has 2 saturated heterocycles. The number of hydrogen-bond donors (Lipinski definition) is 1. The van der Waals surface area contributed by atoms with Crippen molar-refractivity contribution in [2.75, 3.05) is 26.2 Å². The minimum atomic E-state index is 0.605. The van der Waals surface area contributed by atoms with Crippen LogP contribution >= 0.6 is 0 Å². The molecule has 0 saturated carbocycles. The van der Waals surface area contributed by atoms with Crippen molar-refractivity contribution >= 4 is 0 Å². The van der Waals surface area contributed by atoms with E-state index < -0.39 is 0 Å². The zero-order valence-corrected chi connectivity index (χ0v) is 12.9. The highest BCUT2D eigenvalue weighted by Gasteiger charge is 2.38. The van der Waals surface area contributed by atoms with Crippen molar-refractivity contribution in [3.05, 3.63) is 18.2 Å². The second-order valence-corrected chi connectivity index (χ2v) is 7.14. The maximum atomic E-state index is 4.35. The summed E-state index contributed by atoms with van der Waals surface area (Å²) in [5.41, 5.74) is 1.98. The van der Waals surface area contributed by atoms with Gasteiger partial charge in [0.2, 0.25) is 0 Å². The van der Waals surface area contributed by atoms with Gasteiger partial charge in [-0.3, -0.25) is 4.90 Å². The monoisotopic (exact) mass is 276 g/mol. The van der Waals surface area contributed by atoms with Crippen molar-refractivity contribution in [1.29, 1.82) is 0 Å². The molecule has 0 aromatic carbocycles. The first kappa shape index (κ1) is 14.1. The Kier molecular flexibility index (Phi) is 4.13. The molecule has 1 spiro atoms. The fraction of sp³-hybridized carbons (Fsp3) is 0.812. The number of nitrogens with one attached hydrogen (secondary N) is 1. The average molecular weight is 276 g/mol. The van der Waals surface area contributed by atoms with Crippen LogP contribution in [-0.2, 0) is 13.1 Å². The van der Waals surface area contributed by atoms with Gasteiger partial charge in [0.15, 0.2) is 0 Å². The van der Waals surface area contributed by atoms with Crippen LogP contribution in [0.1, 0.15) is 38.8 Å². The fourth-order valence-corrected chi connectivity index (χ4v) is 3.79. The Morgan fingerprint density at radius 1 is 1.30 bits per heavy atom. The van der Waals surface area contributed by atoms with E-state index in [9.17, 15) is 0 Å². The smallest absolute Gasteiger partial charge is 0.0948 e. The van der Waals surface area contributed by atoms with E-state index in [0.717, 1.165) is 13.1 Å². The molecule has 20 heavy (non-hydrogen) atoms. The second kappa shape index (κ2) is 5.86. The maximum absolute atomic E-state index is 4.35. The normalized spacial score (nSPS) is 22.9. The molecule has 3 heterocycles. The molecule has 1 aromatic heterocycles. The minimum Gasteiger partial charge on any atom is -0.333 e. The Morgan fingerprint density at radius 2 is 2.10 bits per heavy atom. The highest BCUT2D eigenvalue weighted by atomic mass is 15.2. The summed E-state index contributed by atoms with van der Waals surface area (Å²) < 4.78 is 2.33. The maximum Gasteiger partial charge on any atom is 0.0948 e. The summed E-state index contributed by atoms with van der Waals surface area (Å²) in [5.74, 6) is 0.678. The Balaban J connectivity index is 1.60. The van der Waals surface area contributed by atoms with Crippen LogP contribution in [0.25, 0.3) is 0 Å². The van der Waals surface area contributed by atoms with Crippen molar-refractivity contribution in [2.24, 2.45) is 11.3 Å². The van der Waals surface area contributed by atoms with E-state index in [1.165, 1.54) is 51.1 Å². The van der Waals surface area contributed by atoms with E-state index >= 15 is 0 Å². The molecule has 0 aliphatic carbocycles. The van der Waals surface area contributed by atoms with Crippen LogP contribution in [0.2, 0.25) is 0 Å². The van der Waals surface area contributed by atoms with E-state index in [2.05, 4.69) is 39.8 Å². The van der Waals surface area contributed by atoms with Crippen LogP contribution in [0.5, 0.6) is 0 Å². The Morgan fingerprint density at radius 3 is 2.85 bits per heavy atom. The molecule has 112 valence electrons. The van der Waals surface area contributed by atoms with Crippen molar-refractivity contribution in [2.45, 2.75) is 46.2 Å². The Hall–Kier alpha value is -0.870. The Bertz CT molecular complexity index is 431. The second-order valence-electron chi connectivity index (χ2n) is 7.14. The molecule has 2 fully saturated rings. The van der Waals surface area contributed by atoms with Gasteiger partial charge in [0, 0.05) is 25.8 Å². The first-order valence-electron chi connectivity index (χ1n) is 8.09. The number of hydrogen-bond acceptors (Lipinski definition) is 3. The van der Waals surface area contributed by atoms with Gasteiger partial charge in [0.25, 0.3) is 0 Å². The molecule has 3 rings (SSSR count). The van der Waals surface area contributed by atoms with Crippen LogP contribution < -0.4 is 5.32 Å². The lowest BCUT2D eigenvalue weighted by Gasteiger charge is -2.34. The molecule has 4 nitrogen and oxygen atoms in total. The molecular formula is C16H28N4. The average Bonchev–Trinajstić information content (AvgIpc) is 2.99. The molecular weight excluding hydrogens is 248 g/mol. The predicted octanol–water partition coefficient (Wildman–Crippen LogP) is 2.11. The summed E-state index contributed by atoms with van der Waals surface area (Å²) in [6.45, 7) is 11.6. The standard InChI is InChI=1S/C16H28N4/c1-14(2)10-20-13-18-9-15(20)11-19-8-5-16(12-19)3-6-17-7-4-16/h9,13-14,17H,3-8,10-12H2,1-2H3. The van der Waals surface area contributed by atoms with Crippen molar-refractivity contribution in [3.63, 3.8) is 0 Å². The quantitative estimate of drug-likeness (QED) is 0.914. The molecule has 1 N–H and O–H groups in total. The van der Waals surface area contributed by atoms with E-state index in [1.54, 1.807) is 0 Å². The van der Waals surface area contributed by atoms with Gasteiger partial charge in [0.1, 0.15) is 0 Å². The molecule has 1 aromatic rings. The molecule has 0 bridgehead atoms. The molecule has 0 unspecified atom stereocenters. The van der Waals surface area contributed by atoms with Crippen molar-refractivity contribution in [1.82, 2.24) is 19.8 Å². The van der Waals surface area contributed by atoms with E-state index in [-0.39, 0.29) is 0 Å². The molecule has 0 atom stereocenters. The summed E-state index contributed by atoms with van der Waals surface area (Å²) in [6.07, 6.45) is 8.14. The topological polar surface area (TPSA) is 33.1 Å². The summed E-state index contributed by atoms with van der Waals surface area (Å²) in [5, 5.41) is 3.49. The number of imidazole rings is 1. The summed E-state index contributed by atoms with van der Waals surface area (Å²) in [7, 11) is 0. The predicted molar refractivity (Wildman–Crippen MR) is 81.5 cm³/mol. The molecule has 0 radical (unpaired) electrons. The zero-order chi connectivity index (χ0) is 14.0. The van der Waals surface area contributed by atoms with E-state index in [4.69, 9.17) is 0 Å². The molecule has 0 amide bonds. The van der Waals surface area contributed by atoms with Gasteiger partial charge in [-0.15, -0.1) is 0 Å². The van der Waals surface area contributed by atoms with Crippen LogP contribution in [0.4, 0.5) is 0 Å². The van der Waals surface area contributed by atoms with Gasteiger partial charge in [-0.05, 0) is 50.2 Å². The number of piperidine rings is 1. The highest BCUT2D eigenvalue weighted by Crippen LogP contribution is 2.38. The molecule has 2 aliphatic heterocycles. The third kappa shape index (κ3) is 3.07. The third-order valence-electron chi connectivity index (χ3n) is 4.93. The van der Waals surface area contributed by atoms with E-state index in [1.807, 2.05) is 6.33 Å². The lowest BCUT2D eigenvalue weighted by molar-refractivity contribution is 0.192. The van der Waals surface area contributed by atoms with Gasteiger partial charge >= 0.3 is 0 Å². The lowest BCUT2D eigenvalue weighted by atomic mass is 9.78. The number of nitrogens with zero attached hydrogens (tertiary/aromatic N) is 3. The van der Waals surface area contributed by atoms with Crippen molar-refractivity contribution in [3.8, 4) is 0 Å². The lowest BCUT2D eigenvalue weighted by Crippen LogP contribution is -2.38. The van der Waals surface area contributed by atoms with Crippen LogP contribution in [0.3, 0.4) is 0 Å². The van der Waals surface area contributed by atoms with Crippen LogP contribution in [0.15, 0.2) is 12.5 Å². The number of aromatic nitrogens is 2. The third-order valence-corrected chi connectivity index (χ3v) is 4.93. The minimum absolute atomic E-state index is 0.605. The Labute approximate surface area is 122 Å². The number of rotatable bonds is 4. The molecule has 4 heteroatoms. The summed E-state index contributed by atoms with van der Waals surface area (Å²) >= 11 is 0.